The van der Waals surface area contributed by atoms with Gasteiger partial charge in [0, 0.05) is 38.7 Å². The second kappa shape index (κ2) is 11.8. The number of piperazine rings is 1. The van der Waals surface area contributed by atoms with E-state index in [2.05, 4.69) is 10.0 Å². The highest BCUT2D eigenvalue weighted by atomic mass is 32.2. The van der Waals surface area contributed by atoms with Crippen LogP contribution in [0.4, 0.5) is 5.69 Å². The number of amides is 3. The number of sulfonamides is 1. The summed E-state index contributed by atoms with van der Waals surface area (Å²) in [5.74, 6) is 0.119. The van der Waals surface area contributed by atoms with Crippen LogP contribution in [0.1, 0.15) is 17.3 Å². The van der Waals surface area contributed by atoms with E-state index in [1.807, 2.05) is 18.2 Å². The first-order valence-electron chi connectivity index (χ1n) is 12.0. The van der Waals surface area contributed by atoms with Crippen LogP contribution >= 0.6 is 0 Å². The number of nitrogens with one attached hydrogen (secondary N) is 2. The van der Waals surface area contributed by atoms with Gasteiger partial charge in [-0.3, -0.25) is 19.1 Å². The van der Waals surface area contributed by atoms with Crippen molar-refractivity contribution in [1.82, 2.24) is 15.1 Å². The average Bonchev–Trinajstić information content (AvgIpc) is 2.93. The molecule has 3 amide bonds. The highest BCUT2D eigenvalue weighted by Crippen LogP contribution is 2.30. The molecule has 2 N–H and O–H groups in total. The lowest BCUT2D eigenvalue weighted by Crippen LogP contribution is -2.52. The Kier molecular flexibility index (Phi) is 8.27. The van der Waals surface area contributed by atoms with Gasteiger partial charge in [-0.05, 0) is 48.5 Å². The van der Waals surface area contributed by atoms with E-state index in [1.165, 1.54) is 31.2 Å². The summed E-state index contributed by atoms with van der Waals surface area (Å²) in [5, 5.41) is 2.57. The van der Waals surface area contributed by atoms with Crippen molar-refractivity contribution >= 4 is 33.4 Å². The summed E-state index contributed by atoms with van der Waals surface area (Å²) in [5.41, 5.74) is 0.479. The molecule has 0 aliphatic carbocycles. The van der Waals surface area contributed by atoms with Crippen LogP contribution in [-0.2, 0) is 19.6 Å². The zero-order chi connectivity index (χ0) is 27.1. The van der Waals surface area contributed by atoms with E-state index in [-0.39, 0.29) is 34.5 Å². The third-order valence-corrected chi connectivity index (χ3v) is 7.39. The normalized spacial score (nSPS) is 13.5. The number of rotatable bonds is 8. The molecule has 1 fully saturated rings. The van der Waals surface area contributed by atoms with E-state index in [9.17, 15) is 22.8 Å². The fourth-order valence-corrected chi connectivity index (χ4v) is 4.96. The molecular weight excluding hydrogens is 508 g/mol. The van der Waals surface area contributed by atoms with Gasteiger partial charge in [0.25, 0.3) is 15.9 Å². The molecule has 38 heavy (non-hydrogen) atoms. The van der Waals surface area contributed by atoms with Crippen molar-refractivity contribution in [3.8, 4) is 11.5 Å². The lowest BCUT2D eigenvalue weighted by atomic mass is 10.2. The van der Waals surface area contributed by atoms with Gasteiger partial charge in [-0.2, -0.15) is 0 Å². The van der Waals surface area contributed by atoms with Gasteiger partial charge in [-0.1, -0.05) is 30.3 Å². The minimum absolute atomic E-state index is 0.0317. The van der Waals surface area contributed by atoms with E-state index in [0.717, 1.165) is 0 Å². The van der Waals surface area contributed by atoms with Crippen LogP contribution in [0.5, 0.6) is 11.5 Å². The molecular formula is C27H28N4O6S. The summed E-state index contributed by atoms with van der Waals surface area (Å²) in [6.07, 6.45) is 0. The predicted octanol–water partition coefficient (Wildman–Crippen LogP) is 2.70. The maximum Gasteiger partial charge on any atom is 0.262 e. The van der Waals surface area contributed by atoms with E-state index in [0.29, 0.717) is 37.7 Å². The van der Waals surface area contributed by atoms with Gasteiger partial charge in [0.2, 0.25) is 11.8 Å². The van der Waals surface area contributed by atoms with Crippen molar-refractivity contribution in [1.29, 1.82) is 0 Å². The lowest BCUT2D eigenvalue weighted by Gasteiger charge is -2.34. The Bertz CT molecular complexity index is 1400. The largest absolute Gasteiger partial charge is 0.455 e. The molecule has 1 aliphatic rings. The summed E-state index contributed by atoms with van der Waals surface area (Å²) >= 11 is 0. The fraction of sp³-hybridized carbons (Fsp3) is 0.222. The molecule has 0 atom stereocenters. The Hall–Kier alpha value is -4.38. The molecule has 1 heterocycles. The standard InChI is InChI=1S/C27H28N4O6S/c1-20(32)30-15-17-31(18-16-30)26(33)19-28-27(34)21-11-13-23(14-12-21)38(35,36)29-24-9-5-6-10-25(24)37-22-7-3-2-4-8-22/h2-14,29H,15-19H2,1H3,(H,28,34). The molecule has 0 unspecified atom stereocenters. The Morgan fingerprint density at radius 2 is 1.42 bits per heavy atom. The zero-order valence-electron chi connectivity index (χ0n) is 20.8. The van der Waals surface area contributed by atoms with Gasteiger partial charge in [-0.15, -0.1) is 0 Å². The van der Waals surface area contributed by atoms with Crippen LogP contribution in [0.25, 0.3) is 0 Å². The van der Waals surface area contributed by atoms with Crippen LogP contribution in [0, 0.1) is 0 Å². The van der Waals surface area contributed by atoms with Crippen molar-refractivity contribution in [3.63, 3.8) is 0 Å². The Morgan fingerprint density at radius 1 is 0.816 bits per heavy atom. The molecule has 198 valence electrons. The molecule has 10 nitrogen and oxygen atoms in total. The van der Waals surface area contributed by atoms with Gasteiger partial charge in [0.15, 0.2) is 5.75 Å². The van der Waals surface area contributed by atoms with E-state index in [4.69, 9.17) is 4.74 Å². The zero-order valence-corrected chi connectivity index (χ0v) is 21.6. The third-order valence-electron chi connectivity index (χ3n) is 6.01. The van der Waals surface area contributed by atoms with E-state index >= 15 is 0 Å². The number of hydrogen-bond acceptors (Lipinski definition) is 6. The van der Waals surface area contributed by atoms with Gasteiger partial charge in [-0.25, -0.2) is 8.42 Å². The van der Waals surface area contributed by atoms with Crippen molar-refractivity contribution < 1.29 is 27.5 Å². The van der Waals surface area contributed by atoms with Crippen LogP contribution in [0.2, 0.25) is 0 Å². The van der Waals surface area contributed by atoms with Crippen LogP contribution < -0.4 is 14.8 Å². The first-order chi connectivity index (χ1) is 18.2. The highest BCUT2D eigenvalue weighted by molar-refractivity contribution is 7.92. The average molecular weight is 537 g/mol. The maximum atomic E-state index is 13.0. The summed E-state index contributed by atoms with van der Waals surface area (Å²) in [6, 6.07) is 21.1. The summed E-state index contributed by atoms with van der Waals surface area (Å²) < 4.78 is 34.4. The van der Waals surface area contributed by atoms with Crippen LogP contribution in [0.3, 0.4) is 0 Å². The first kappa shape index (κ1) is 26.7. The van der Waals surface area contributed by atoms with Crippen molar-refractivity contribution in [2.45, 2.75) is 11.8 Å². The smallest absolute Gasteiger partial charge is 0.262 e. The number of benzene rings is 3. The van der Waals surface area contributed by atoms with Gasteiger partial charge >= 0.3 is 0 Å². The maximum absolute atomic E-state index is 13.0. The Morgan fingerprint density at radius 3 is 2.08 bits per heavy atom. The van der Waals surface area contributed by atoms with E-state index < -0.39 is 15.9 Å². The molecule has 0 aromatic heterocycles. The van der Waals surface area contributed by atoms with Gasteiger partial charge < -0.3 is 19.9 Å². The monoisotopic (exact) mass is 536 g/mol. The molecule has 0 bridgehead atoms. The highest BCUT2D eigenvalue weighted by Gasteiger charge is 2.23. The van der Waals surface area contributed by atoms with Crippen LogP contribution in [0.15, 0.2) is 83.8 Å². The second-order valence-corrected chi connectivity index (χ2v) is 10.3. The quantitative estimate of drug-likeness (QED) is 0.456. The van der Waals surface area contributed by atoms with Crippen molar-refractivity contribution in [2.24, 2.45) is 0 Å². The second-order valence-electron chi connectivity index (χ2n) is 8.61. The molecule has 0 radical (unpaired) electrons. The number of carbonyl (C=O) groups excluding carboxylic acids is 3. The van der Waals surface area contributed by atoms with Crippen LogP contribution in [-0.4, -0.2) is 68.7 Å². The third kappa shape index (κ3) is 6.68. The summed E-state index contributed by atoms with van der Waals surface area (Å²) in [6.45, 7) is 3.03. The minimum atomic E-state index is -3.97. The molecule has 3 aromatic carbocycles. The number of ether oxygens (including phenoxy) is 1. The number of para-hydroxylation sites is 3. The SMILES string of the molecule is CC(=O)N1CCN(C(=O)CNC(=O)c2ccc(S(=O)(=O)Nc3ccccc3Oc3ccccc3)cc2)CC1. The fourth-order valence-electron chi connectivity index (χ4n) is 3.89. The Labute approximate surface area is 221 Å². The Balaban J connectivity index is 1.35. The molecule has 0 saturated carbocycles. The molecule has 3 aromatic rings. The number of nitrogens with zero attached hydrogens (tertiary/aromatic N) is 2. The van der Waals surface area contributed by atoms with Crippen molar-refractivity contribution in [3.05, 3.63) is 84.4 Å². The minimum Gasteiger partial charge on any atom is -0.455 e. The van der Waals surface area contributed by atoms with Crippen molar-refractivity contribution in [2.75, 3.05) is 37.4 Å². The number of hydrogen-bond donors (Lipinski definition) is 2. The number of carbonyl (C=O) groups is 3. The molecule has 4 rings (SSSR count). The molecule has 11 heteroatoms. The summed E-state index contributed by atoms with van der Waals surface area (Å²) in [7, 11) is -3.97. The van der Waals surface area contributed by atoms with E-state index in [1.54, 1.807) is 46.2 Å². The molecule has 1 saturated heterocycles. The van der Waals surface area contributed by atoms with Gasteiger partial charge in [0.05, 0.1) is 17.1 Å². The predicted molar refractivity (Wildman–Crippen MR) is 141 cm³/mol. The van der Waals surface area contributed by atoms with Gasteiger partial charge in [0.1, 0.15) is 5.75 Å². The first-order valence-corrected chi connectivity index (χ1v) is 13.5. The molecule has 0 spiro atoms. The topological polar surface area (TPSA) is 125 Å². The number of anilines is 1. The lowest BCUT2D eigenvalue weighted by molar-refractivity contribution is -0.137. The molecule has 1 aliphatic heterocycles. The summed E-state index contributed by atoms with van der Waals surface area (Å²) in [4.78, 5) is 39.6.